The minimum Gasteiger partial charge on any atom is -0.0998 e. The summed E-state index contributed by atoms with van der Waals surface area (Å²) in [4.78, 5) is 0. The van der Waals surface area contributed by atoms with Gasteiger partial charge in [0.15, 0.2) is 0 Å². The lowest BCUT2D eigenvalue weighted by atomic mass is 9.73. The Labute approximate surface area is 137 Å². The summed E-state index contributed by atoms with van der Waals surface area (Å²) >= 11 is 0. The Morgan fingerprint density at radius 2 is 2.00 bits per heavy atom. The van der Waals surface area contributed by atoms with Gasteiger partial charge in [-0.05, 0) is 69.1 Å². The summed E-state index contributed by atoms with van der Waals surface area (Å²) < 4.78 is 0. The third kappa shape index (κ3) is 4.12. The number of benzene rings is 1. The first-order chi connectivity index (χ1) is 10.5. The van der Waals surface area contributed by atoms with E-state index in [1.807, 2.05) is 0 Å². The van der Waals surface area contributed by atoms with Gasteiger partial charge in [-0.2, -0.15) is 0 Å². The highest BCUT2D eigenvalue weighted by molar-refractivity contribution is 5.39. The van der Waals surface area contributed by atoms with E-state index in [1.165, 1.54) is 66.4 Å². The van der Waals surface area contributed by atoms with Gasteiger partial charge in [-0.3, -0.25) is 0 Å². The molecule has 0 heteroatoms. The van der Waals surface area contributed by atoms with Crippen molar-refractivity contribution >= 4 is 0 Å². The van der Waals surface area contributed by atoms with Gasteiger partial charge in [0.05, 0.1) is 0 Å². The molecule has 0 aromatic heterocycles. The molecule has 120 valence electrons. The maximum atomic E-state index is 4.25. The Morgan fingerprint density at radius 3 is 2.64 bits per heavy atom. The molecule has 1 aromatic rings. The first-order valence-corrected chi connectivity index (χ1v) is 8.95. The quantitative estimate of drug-likeness (QED) is 0.402. The number of hydrogen-bond acceptors (Lipinski definition) is 0. The smallest absolute Gasteiger partial charge is 0.00885 e. The number of rotatable bonds is 6. The van der Waals surface area contributed by atoms with Crippen molar-refractivity contribution in [2.24, 2.45) is 5.92 Å². The highest BCUT2D eigenvalue weighted by Crippen LogP contribution is 2.40. The molecule has 0 radical (unpaired) electrons. The maximum absolute atomic E-state index is 4.25. The zero-order valence-electron chi connectivity index (χ0n) is 14.9. The average Bonchev–Trinajstić information content (AvgIpc) is 2.47. The summed E-state index contributed by atoms with van der Waals surface area (Å²) in [6, 6.07) is 7.15. The highest BCUT2D eigenvalue weighted by Gasteiger charge is 2.26. The summed E-state index contributed by atoms with van der Waals surface area (Å²) in [5.41, 5.74) is 7.33. The molecule has 0 N–H and O–H groups in total. The van der Waals surface area contributed by atoms with E-state index in [0.29, 0.717) is 11.8 Å². The molecular weight excluding hydrogens is 264 g/mol. The first-order valence-electron chi connectivity index (χ1n) is 8.95. The summed E-state index contributed by atoms with van der Waals surface area (Å²) in [6.45, 7) is 13.3. The summed E-state index contributed by atoms with van der Waals surface area (Å²) in [5, 5.41) is 0. The van der Waals surface area contributed by atoms with Gasteiger partial charge in [-0.25, -0.2) is 0 Å². The van der Waals surface area contributed by atoms with Crippen LogP contribution in [0.4, 0.5) is 0 Å². The zero-order chi connectivity index (χ0) is 16.1. The van der Waals surface area contributed by atoms with Crippen LogP contribution in [0.1, 0.15) is 75.5 Å². The molecule has 22 heavy (non-hydrogen) atoms. The molecule has 0 fully saturated rings. The highest BCUT2D eigenvalue weighted by atomic mass is 14.3. The summed E-state index contributed by atoms with van der Waals surface area (Å²) in [6.07, 6.45) is 10.1. The van der Waals surface area contributed by atoms with Crippen LogP contribution in [0.5, 0.6) is 0 Å². The topological polar surface area (TPSA) is 0 Å². The van der Waals surface area contributed by atoms with Crippen LogP contribution in [-0.2, 0) is 6.42 Å². The molecule has 0 nitrogen and oxygen atoms in total. The largest absolute Gasteiger partial charge is 0.0998 e. The molecule has 1 aliphatic carbocycles. The van der Waals surface area contributed by atoms with Gasteiger partial charge in [0.25, 0.3) is 0 Å². The second kappa shape index (κ2) is 7.81. The van der Waals surface area contributed by atoms with Crippen LogP contribution in [-0.4, -0.2) is 0 Å². The average molecular weight is 296 g/mol. The van der Waals surface area contributed by atoms with Crippen LogP contribution < -0.4 is 0 Å². The Kier molecular flexibility index (Phi) is 6.06. The molecule has 0 heterocycles. The van der Waals surface area contributed by atoms with E-state index in [-0.39, 0.29) is 0 Å². The lowest BCUT2D eigenvalue weighted by Gasteiger charge is -2.31. The van der Waals surface area contributed by atoms with Crippen molar-refractivity contribution in [3.05, 3.63) is 58.7 Å². The van der Waals surface area contributed by atoms with E-state index in [1.54, 1.807) is 0 Å². The number of aryl methyl sites for hydroxylation is 2. The van der Waals surface area contributed by atoms with Crippen molar-refractivity contribution in [3.63, 3.8) is 0 Å². The molecule has 1 unspecified atom stereocenters. The van der Waals surface area contributed by atoms with Crippen molar-refractivity contribution in [1.29, 1.82) is 0 Å². The normalized spacial score (nSPS) is 21.5. The van der Waals surface area contributed by atoms with Gasteiger partial charge >= 0.3 is 0 Å². The van der Waals surface area contributed by atoms with Crippen molar-refractivity contribution in [1.82, 2.24) is 0 Å². The Morgan fingerprint density at radius 1 is 1.23 bits per heavy atom. The van der Waals surface area contributed by atoms with E-state index in [2.05, 4.69) is 58.5 Å². The van der Waals surface area contributed by atoms with E-state index < -0.39 is 0 Å². The fraction of sp³-hybridized carbons (Fsp3) is 0.545. The predicted molar refractivity (Wildman–Crippen MR) is 98.4 cm³/mol. The zero-order valence-corrected chi connectivity index (χ0v) is 14.9. The molecule has 0 aliphatic heterocycles. The SMILES string of the molecule is C=C(C)[C@@H]1CCC(C)=CC1c1ccc(CCCCC)cc1C. The van der Waals surface area contributed by atoms with Crippen molar-refractivity contribution in [3.8, 4) is 0 Å². The van der Waals surface area contributed by atoms with Gasteiger partial charge in [0, 0.05) is 5.92 Å². The predicted octanol–water partition coefficient (Wildman–Crippen LogP) is 6.74. The van der Waals surface area contributed by atoms with E-state index in [0.717, 1.165) is 0 Å². The molecule has 0 saturated heterocycles. The molecule has 2 atom stereocenters. The maximum Gasteiger partial charge on any atom is 0.00885 e. The second-order valence-electron chi connectivity index (χ2n) is 7.18. The molecule has 1 aliphatic rings. The van der Waals surface area contributed by atoms with Crippen LogP contribution in [0.15, 0.2) is 42.0 Å². The molecule has 1 aromatic carbocycles. The Hall–Kier alpha value is -1.30. The number of unbranched alkanes of at least 4 members (excludes halogenated alkanes) is 2. The van der Waals surface area contributed by atoms with E-state index in [9.17, 15) is 0 Å². The van der Waals surface area contributed by atoms with Gasteiger partial charge in [0.1, 0.15) is 0 Å². The summed E-state index contributed by atoms with van der Waals surface area (Å²) in [7, 11) is 0. The molecule has 0 bridgehead atoms. The summed E-state index contributed by atoms with van der Waals surface area (Å²) in [5.74, 6) is 1.13. The second-order valence-corrected chi connectivity index (χ2v) is 7.18. The standard InChI is InChI=1S/C22H32/c1-6-7-8-9-19-11-13-21(18(5)15-19)22-14-17(4)10-12-20(22)16(2)3/h11,13-15,20,22H,2,6-10,12H2,1,3-5H3/t20-,22?/m0/s1. The fourth-order valence-corrected chi connectivity index (χ4v) is 3.77. The van der Waals surface area contributed by atoms with Crippen molar-refractivity contribution in [2.75, 3.05) is 0 Å². The van der Waals surface area contributed by atoms with Crippen LogP contribution in [0.3, 0.4) is 0 Å². The van der Waals surface area contributed by atoms with Crippen LogP contribution in [0.25, 0.3) is 0 Å². The molecule has 0 saturated carbocycles. The lowest BCUT2D eigenvalue weighted by Crippen LogP contribution is -2.17. The van der Waals surface area contributed by atoms with Gasteiger partial charge in [0.2, 0.25) is 0 Å². The van der Waals surface area contributed by atoms with Crippen LogP contribution >= 0.6 is 0 Å². The molecule has 0 amide bonds. The molecule has 0 spiro atoms. The third-order valence-corrected chi connectivity index (χ3v) is 5.14. The van der Waals surface area contributed by atoms with E-state index in [4.69, 9.17) is 0 Å². The van der Waals surface area contributed by atoms with Gasteiger partial charge < -0.3 is 0 Å². The minimum absolute atomic E-state index is 0.524. The van der Waals surface area contributed by atoms with Crippen molar-refractivity contribution < 1.29 is 0 Å². The third-order valence-electron chi connectivity index (χ3n) is 5.14. The van der Waals surface area contributed by atoms with Crippen LogP contribution in [0.2, 0.25) is 0 Å². The van der Waals surface area contributed by atoms with Crippen molar-refractivity contribution in [2.45, 2.75) is 72.1 Å². The van der Waals surface area contributed by atoms with Gasteiger partial charge in [-0.15, -0.1) is 0 Å². The van der Waals surface area contributed by atoms with Gasteiger partial charge in [-0.1, -0.05) is 61.8 Å². The lowest BCUT2D eigenvalue weighted by molar-refractivity contribution is 0.482. The van der Waals surface area contributed by atoms with Crippen LogP contribution in [0, 0.1) is 12.8 Å². The molecule has 2 rings (SSSR count). The number of allylic oxidation sites excluding steroid dienone is 3. The Balaban J connectivity index is 2.23. The first kappa shape index (κ1) is 17.1. The Bertz CT molecular complexity index is 547. The minimum atomic E-state index is 0.524. The molecular formula is C22H32. The fourth-order valence-electron chi connectivity index (χ4n) is 3.77. The monoisotopic (exact) mass is 296 g/mol. The van der Waals surface area contributed by atoms with E-state index >= 15 is 0 Å². The number of hydrogen-bond donors (Lipinski definition) is 0.